The standard InChI is InChI=1S/C27H31ClF3N7O5/c1-26(2)14-33-22(39)18-5-7-19(8-6-18)34-24-35-23(36-25(37-24)42-16-27(29,30)31)32-13-17-4-9-21(20(28)12-17)41-11-3-10-38(15-26)43-40/h4-9,12,40H,3,10-11,13-16H2,1-2H3,(H,33,39)(H2,32,34,35,36,37). The molecule has 232 valence electrons. The number of benzene rings is 2. The van der Waals surface area contributed by atoms with Crippen LogP contribution in [0.5, 0.6) is 11.8 Å². The molecule has 1 aromatic heterocycles. The fourth-order valence-corrected chi connectivity index (χ4v) is 4.27. The van der Waals surface area contributed by atoms with Gasteiger partial charge in [0.25, 0.3) is 5.91 Å². The summed E-state index contributed by atoms with van der Waals surface area (Å²) in [5.41, 5.74) is 1.09. The average Bonchev–Trinajstić information content (AvgIpc) is 2.95. The van der Waals surface area contributed by atoms with Gasteiger partial charge in [0.2, 0.25) is 11.9 Å². The molecule has 43 heavy (non-hydrogen) atoms. The first-order valence-corrected chi connectivity index (χ1v) is 13.6. The van der Waals surface area contributed by atoms with Crippen LogP contribution in [0.15, 0.2) is 42.5 Å². The van der Waals surface area contributed by atoms with Gasteiger partial charge >= 0.3 is 12.2 Å². The van der Waals surface area contributed by atoms with Gasteiger partial charge in [0, 0.05) is 37.4 Å². The van der Waals surface area contributed by atoms with E-state index in [1.807, 2.05) is 13.8 Å². The van der Waals surface area contributed by atoms with Gasteiger partial charge in [0.15, 0.2) is 6.61 Å². The number of nitrogens with zero attached hydrogens (tertiary/aromatic N) is 4. The van der Waals surface area contributed by atoms with Gasteiger partial charge in [-0.1, -0.05) is 31.5 Å². The Morgan fingerprint density at radius 1 is 1.09 bits per heavy atom. The summed E-state index contributed by atoms with van der Waals surface area (Å²) in [6.45, 7) is 3.65. The molecule has 0 spiro atoms. The SMILES string of the molecule is CC1(C)CNC(=O)c2ccc(cc2)Nc2nc(nc(OCC(F)(F)F)n2)NCc2ccc(c(Cl)c2)OCCCN(OO)C1. The molecule has 1 amide bonds. The summed E-state index contributed by atoms with van der Waals surface area (Å²) in [4.78, 5) is 29.4. The molecule has 3 aromatic rings. The lowest BCUT2D eigenvalue weighted by Gasteiger charge is -2.30. The normalized spacial score (nSPS) is 16.8. The molecule has 0 aliphatic carbocycles. The predicted molar refractivity (Wildman–Crippen MR) is 151 cm³/mol. The fraction of sp³-hybridized carbons (Fsp3) is 0.407. The van der Waals surface area contributed by atoms with Crippen molar-refractivity contribution in [3.63, 3.8) is 0 Å². The number of hydrogen-bond donors (Lipinski definition) is 4. The summed E-state index contributed by atoms with van der Waals surface area (Å²) in [6.07, 6.45) is -4.09. The van der Waals surface area contributed by atoms with Crippen LogP contribution in [0.2, 0.25) is 5.02 Å². The van der Waals surface area contributed by atoms with E-state index in [2.05, 4.69) is 35.9 Å². The molecule has 7 rings (SSSR count). The van der Waals surface area contributed by atoms with Gasteiger partial charge in [0.05, 0.1) is 11.6 Å². The van der Waals surface area contributed by atoms with Gasteiger partial charge in [-0.05, 0) is 53.8 Å². The first-order valence-electron chi connectivity index (χ1n) is 13.2. The van der Waals surface area contributed by atoms with Gasteiger partial charge in [-0.3, -0.25) is 4.79 Å². The maximum Gasteiger partial charge on any atom is 0.422 e. The van der Waals surface area contributed by atoms with Crippen molar-refractivity contribution in [3.05, 3.63) is 58.6 Å². The summed E-state index contributed by atoms with van der Waals surface area (Å²) >= 11 is 6.40. The Bertz CT molecular complexity index is 1400. The highest BCUT2D eigenvalue weighted by molar-refractivity contribution is 6.32. The first-order chi connectivity index (χ1) is 20.4. The van der Waals surface area contributed by atoms with Crippen LogP contribution in [0.1, 0.15) is 36.2 Å². The number of carbonyl (C=O) groups is 1. The molecule has 16 heteroatoms. The van der Waals surface area contributed by atoms with Crippen LogP contribution in [0.3, 0.4) is 0 Å². The molecule has 6 bridgehead atoms. The molecule has 0 atom stereocenters. The van der Waals surface area contributed by atoms with E-state index in [4.69, 9.17) is 21.1 Å². The maximum atomic E-state index is 12.8. The first kappa shape index (κ1) is 32.0. The average molecular weight is 626 g/mol. The molecular formula is C27H31ClF3N7O5. The highest BCUT2D eigenvalue weighted by Crippen LogP contribution is 2.27. The zero-order valence-electron chi connectivity index (χ0n) is 23.4. The van der Waals surface area contributed by atoms with E-state index in [0.717, 1.165) is 5.56 Å². The fourth-order valence-electron chi connectivity index (χ4n) is 4.02. The molecule has 4 N–H and O–H groups in total. The minimum atomic E-state index is -4.59. The molecule has 12 nitrogen and oxygen atoms in total. The van der Waals surface area contributed by atoms with Crippen molar-refractivity contribution in [2.24, 2.45) is 5.41 Å². The summed E-state index contributed by atoms with van der Waals surface area (Å²) in [6, 6.07) is 10.9. The molecule has 4 aliphatic heterocycles. The van der Waals surface area contributed by atoms with Crippen molar-refractivity contribution in [1.29, 1.82) is 0 Å². The minimum Gasteiger partial charge on any atom is -0.492 e. The Labute approximate surface area is 250 Å². The number of ether oxygens (including phenoxy) is 2. The van der Waals surface area contributed by atoms with Crippen molar-refractivity contribution < 1.29 is 37.7 Å². The molecule has 0 saturated heterocycles. The lowest BCUT2D eigenvalue weighted by Crippen LogP contribution is -2.42. The zero-order chi connectivity index (χ0) is 31.0. The molecular weight excluding hydrogens is 595 g/mol. The number of amides is 1. The number of carbonyl (C=O) groups excluding carboxylic acids is 1. The third-order valence-corrected chi connectivity index (χ3v) is 6.38. The van der Waals surface area contributed by atoms with Gasteiger partial charge < -0.3 is 25.4 Å². The summed E-state index contributed by atoms with van der Waals surface area (Å²) in [5.74, 6) is -0.00841. The van der Waals surface area contributed by atoms with Crippen LogP contribution in [0.4, 0.5) is 30.8 Å². The van der Waals surface area contributed by atoms with E-state index in [-0.39, 0.29) is 37.5 Å². The second-order valence-electron chi connectivity index (χ2n) is 10.5. The number of hydrogen-bond acceptors (Lipinski definition) is 11. The molecule has 5 heterocycles. The van der Waals surface area contributed by atoms with Gasteiger partial charge in [-0.15, -0.1) is 4.99 Å². The maximum absolute atomic E-state index is 12.8. The van der Waals surface area contributed by atoms with Crippen LogP contribution < -0.4 is 25.4 Å². The third kappa shape index (κ3) is 10.1. The Morgan fingerprint density at radius 2 is 1.84 bits per heavy atom. The second-order valence-corrected chi connectivity index (χ2v) is 10.9. The largest absolute Gasteiger partial charge is 0.492 e. The Balaban J connectivity index is 1.60. The van der Waals surface area contributed by atoms with Gasteiger partial charge in [0.1, 0.15) is 5.75 Å². The van der Waals surface area contributed by atoms with Crippen LogP contribution >= 0.6 is 11.6 Å². The topological polar surface area (TPSA) is 143 Å². The Hall–Kier alpha value is -3.92. The van der Waals surface area contributed by atoms with Crippen LogP contribution in [0.25, 0.3) is 0 Å². The molecule has 2 aromatic carbocycles. The molecule has 4 aliphatic rings. The van der Waals surface area contributed by atoms with Crippen molar-refractivity contribution in [3.8, 4) is 11.8 Å². The van der Waals surface area contributed by atoms with Crippen molar-refractivity contribution in [2.75, 3.05) is 43.5 Å². The van der Waals surface area contributed by atoms with Crippen molar-refractivity contribution in [2.45, 2.75) is 33.0 Å². The summed E-state index contributed by atoms with van der Waals surface area (Å²) in [5, 5.41) is 19.8. The summed E-state index contributed by atoms with van der Waals surface area (Å²) in [7, 11) is 0. The monoisotopic (exact) mass is 625 g/mol. The second kappa shape index (κ2) is 14.0. The van der Waals surface area contributed by atoms with E-state index in [1.165, 1.54) is 5.06 Å². The quantitative estimate of drug-likeness (QED) is 0.229. The van der Waals surface area contributed by atoms with E-state index in [9.17, 15) is 23.2 Å². The smallest absolute Gasteiger partial charge is 0.422 e. The third-order valence-electron chi connectivity index (χ3n) is 6.09. The molecule has 0 radical (unpaired) electrons. The number of rotatable bonds is 3. The van der Waals surface area contributed by atoms with Crippen LogP contribution in [-0.4, -0.2) is 70.2 Å². The van der Waals surface area contributed by atoms with Crippen LogP contribution in [-0.2, 0) is 11.5 Å². The van der Waals surface area contributed by atoms with E-state index >= 15 is 0 Å². The van der Waals surface area contributed by atoms with E-state index in [1.54, 1.807) is 42.5 Å². The lowest BCUT2D eigenvalue weighted by atomic mass is 9.93. The summed E-state index contributed by atoms with van der Waals surface area (Å²) < 4.78 is 48.9. The number of nitrogens with one attached hydrogen (secondary N) is 3. The molecule has 0 unspecified atom stereocenters. The highest BCUT2D eigenvalue weighted by Gasteiger charge is 2.29. The Kier molecular flexibility index (Phi) is 10.4. The number of hydroxylamine groups is 2. The number of aromatic nitrogens is 3. The lowest BCUT2D eigenvalue weighted by molar-refractivity contribution is -0.401. The number of halogens is 4. The van der Waals surface area contributed by atoms with Gasteiger partial charge in [-0.2, -0.15) is 33.2 Å². The van der Waals surface area contributed by atoms with E-state index < -0.39 is 24.2 Å². The number of alkyl halides is 3. The van der Waals surface area contributed by atoms with Crippen molar-refractivity contribution in [1.82, 2.24) is 25.3 Å². The zero-order valence-corrected chi connectivity index (χ0v) is 24.1. The van der Waals surface area contributed by atoms with Gasteiger partial charge in [-0.25, -0.2) is 5.26 Å². The van der Waals surface area contributed by atoms with E-state index in [0.29, 0.717) is 41.5 Å². The number of anilines is 3. The minimum absolute atomic E-state index is 0.0464. The highest BCUT2D eigenvalue weighted by atomic mass is 35.5. The van der Waals surface area contributed by atoms with Crippen LogP contribution in [0, 0.1) is 5.41 Å². The van der Waals surface area contributed by atoms with Crippen molar-refractivity contribution >= 4 is 35.1 Å². The predicted octanol–water partition coefficient (Wildman–Crippen LogP) is 5.07. The molecule has 0 fully saturated rings. The molecule has 0 saturated carbocycles. The Morgan fingerprint density at radius 3 is 2.53 bits per heavy atom.